The van der Waals surface area contributed by atoms with Crippen molar-refractivity contribution in [2.45, 2.75) is 77.3 Å². The number of ether oxygens (including phenoxy) is 4. The van der Waals surface area contributed by atoms with Crippen LogP contribution in [0.15, 0.2) is 66.7 Å². The number of para-hydroxylation sites is 1. The largest absolute Gasteiger partial charge is 0.496 e. The Labute approximate surface area is 311 Å². The molecule has 0 bridgehead atoms. The number of nitrogens with one attached hydrogen (secondary N) is 2. The van der Waals surface area contributed by atoms with Crippen LogP contribution >= 0.6 is 11.6 Å². The number of anilines is 1. The standard InChI is InChI=1S/C40H51ClN4O7/c1-40(2,3)52-27-37(46)43-19-18-28-10-17-34(41)30(22-28)25-44(31-11-12-31)39(48)35-23-42-24-38(47)45(35)32-13-15-33(16-14-32)51-21-7-20-50-26-29-8-5-6-9-36(29)49-4/h5-6,8-10,13-17,22,31,35,42H,7,11-12,18-21,23-27H2,1-4H3,(H,43,46)/t35-/m1/s1. The maximum Gasteiger partial charge on any atom is 0.247 e. The van der Waals surface area contributed by atoms with Gasteiger partial charge in [0.1, 0.15) is 24.1 Å². The molecule has 1 saturated heterocycles. The molecule has 1 saturated carbocycles. The lowest BCUT2D eigenvalue weighted by molar-refractivity contribution is -0.136. The molecular weight excluding hydrogens is 684 g/mol. The van der Waals surface area contributed by atoms with Crippen molar-refractivity contribution in [2.75, 3.05) is 51.5 Å². The summed E-state index contributed by atoms with van der Waals surface area (Å²) in [4.78, 5) is 43.2. The lowest BCUT2D eigenvalue weighted by atomic mass is 10.1. The number of benzene rings is 3. The molecule has 0 unspecified atom stereocenters. The minimum absolute atomic E-state index is 0.00387. The van der Waals surface area contributed by atoms with Crippen LogP contribution in [0, 0.1) is 0 Å². The number of rotatable bonds is 18. The van der Waals surface area contributed by atoms with Crippen LogP contribution in [-0.2, 0) is 43.4 Å². The predicted molar refractivity (Wildman–Crippen MR) is 201 cm³/mol. The van der Waals surface area contributed by atoms with Crippen LogP contribution in [0.3, 0.4) is 0 Å². The molecule has 3 amide bonds. The van der Waals surface area contributed by atoms with Gasteiger partial charge in [-0.1, -0.05) is 41.9 Å². The Morgan fingerprint density at radius 1 is 1.02 bits per heavy atom. The van der Waals surface area contributed by atoms with Gasteiger partial charge in [0.2, 0.25) is 17.7 Å². The number of methoxy groups -OCH3 is 1. The van der Waals surface area contributed by atoms with Crippen LogP contribution < -0.4 is 25.0 Å². The highest BCUT2D eigenvalue weighted by Gasteiger charge is 2.41. The Balaban J connectivity index is 1.16. The summed E-state index contributed by atoms with van der Waals surface area (Å²) in [5, 5.41) is 6.60. The summed E-state index contributed by atoms with van der Waals surface area (Å²) in [5.74, 6) is 1.02. The molecule has 2 fully saturated rings. The molecule has 3 aromatic carbocycles. The van der Waals surface area contributed by atoms with E-state index in [1.165, 1.54) is 0 Å². The van der Waals surface area contributed by atoms with Crippen LogP contribution in [0.25, 0.3) is 0 Å². The van der Waals surface area contributed by atoms with Gasteiger partial charge in [-0.25, -0.2) is 0 Å². The number of hydrogen-bond donors (Lipinski definition) is 2. The number of carbonyl (C=O) groups is 3. The van der Waals surface area contributed by atoms with E-state index in [-0.39, 0.29) is 42.5 Å². The zero-order valence-corrected chi connectivity index (χ0v) is 31.4. The molecule has 280 valence electrons. The van der Waals surface area contributed by atoms with Gasteiger partial charge in [-0.2, -0.15) is 0 Å². The Bertz CT molecular complexity index is 1660. The molecule has 1 aliphatic carbocycles. The summed E-state index contributed by atoms with van der Waals surface area (Å²) < 4.78 is 22.7. The molecule has 2 N–H and O–H groups in total. The minimum atomic E-state index is -0.707. The first-order valence-electron chi connectivity index (χ1n) is 18.0. The second kappa shape index (κ2) is 18.6. The van der Waals surface area contributed by atoms with E-state index in [9.17, 15) is 14.4 Å². The van der Waals surface area contributed by atoms with Gasteiger partial charge in [-0.3, -0.25) is 19.3 Å². The molecule has 12 heteroatoms. The maximum absolute atomic E-state index is 14.3. The number of halogens is 1. The van der Waals surface area contributed by atoms with Crippen molar-refractivity contribution in [2.24, 2.45) is 0 Å². The van der Waals surface area contributed by atoms with E-state index in [0.717, 1.165) is 35.3 Å². The Hall–Kier alpha value is -4.16. The van der Waals surface area contributed by atoms with Gasteiger partial charge in [0, 0.05) is 48.4 Å². The highest BCUT2D eigenvalue weighted by atomic mass is 35.5. The molecule has 11 nitrogen and oxygen atoms in total. The van der Waals surface area contributed by atoms with Crippen molar-refractivity contribution in [1.29, 1.82) is 0 Å². The van der Waals surface area contributed by atoms with Crippen molar-refractivity contribution in [1.82, 2.24) is 15.5 Å². The highest BCUT2D eigenvalue weighted by Crippen LogP contribution is 2.33. The summed E-state index contributed by atoms with van der Waals surface area (Å²) in [6.45, 7) is 8.46. The average Bonchev–Trinajstić information content (AvgIpc) is 3.98. The van der Waals surface area contributed by atoms with E-state index in [4.69, 9.17) is 30.5 Å². The summed E-state index contributed by atoms with van der Waals surface area (Å²) in [7, 11) is 1.65. The third kappa shape index (κ3) is 11.4. The molecule has 3 aromatic rings. The fraction of sp³-hybridized carbons (Fsp3) is 0.475. The van der Waals surface area contributed by atoms with Gasteiger partial charge in [-0.05, 0) is 87.6 Å². The molecule has 1 aliphatic heterocycles. The lowest BCUT2D eigenvalue weighted by Gasteiger charge is -2.38. The summed E-state index contributed by atoms with van der Waals surface area (Å²) in [5.41, 5.74) is 3.08. The van der Waals surface area contributed by atoms with Crippen LogP contribution in [0.4, 0.5) is 5.69 Å². The van der Waals surface area contributed by atoms with Crippen LogP contribution in [-0.4, -0.2) is 86.9 Å². The molecule has 0 spiro atoms. The summed E-state index contributed by atoms with van der Waals surface area (Å²) in [6.07, 6.45) is 3.11. The highest BCUT2D eigenvalue weighted by molar-refractivity contribution is 6.31. The molecule has 5 rings (SSSR count). The second-order valence-electron chi connectivity index (χ2n) is 14.1. The number of amides is 3. The summed E-state index contributed by atoms with van der Waals surface area (Å²) in [6, 6.07) is 20.2. The predicted octanol–water partition coefficient (Wildman–Crippen LogP) is 5.30. The Morgan fingerprint density at radius 3 is 2.52 bits per heavy atom. The average molecular weight is 735 g/mol. The van der Waals surface area contributed by atoms with E-state index >= 15 is 0 Å². The van der Waals surface area contributed by atoms with Gasteiger partial charge < -0.3 is 34.5 Å². The van der Waals surface area contributed by atoms with Crippen molar-refractivity contribution in [3.05, 3.63) is 88.4 Å². The quantitative estimate of drug-likeness (QED) is 0.169. The monoisotopic (exact) mass is 734 g/mol. The van der Waals surface area contributed by atoms with Crippen LogP contribution in [0.2, 0.25) is 5.02 Å². The van der Waals surface area contributed by atoms with Crippen molar-refractivity contribution in [3.63, 3.8) is 0 Å². The van der Waals surface area contributed by atoms with Crippen LogP contribution in [0.5, 0.6) is 11.5 Å². The van der Waals surface area contributed by atoms with E-state index in [1.807, 2.05) is 92.4 Å². The molecule has 0 aromatic heterocycles. The normalized spacial score (nSPS) is 16.1. The molecule has 2 aliphatic rings. The lowest BCUT2D eigenvalue weighted by Crippen LogP contribution is -2.61. The Morgan fingerprint density at radius 2 is 1.79 bits per heavy atom. The van der Waals surface area contributed by atoms with Crippen molar-refractivity contribution in [3.8, 4) is 11.5 Å². The van der Waals surface area contributed by atoms with E-state index in [0.29, 0.717) is 68.8 Å². The van der Waals surface area contributed by atoms with E-state index in [1.54, 1.807) is 12.0 Å². The van der Waals surface area contributed by atoms with E-state index < -0.39 is 6.04 Å². The summed E-state index contributed by atoms with van der Waals surface area (Å²) >= 11 is 6.66. The first-order valence-corrected chi connectivity index (χ1v) is 18.3. The van der Waals surface area contributed by atoms with E-state index in [2.05, 4.69) is 10.6 Å². The number of carbonyl (C=O) groups excluding carboxylic acids is 3. The minimum Gasteiger partial charge on any atom is -0.496 e. The van der Waals surface area contributed by atoms with Gasteiger partial charge in [0.15, 0.2) is 0 Å². The molecular formula is C40H51ClN4O7. The SMILES string of the molecule is COc1ccccc1COCCCOc1ccc(N2C(=O)CNC[C@@H]2C(=O)N(Cc2cc(CCNC(=O)COC(C)(C)C)ccc2Cl)C2CC2)cc1. The molecule has 1 heterocycles. The number of piperazine rings is 1. The zero-order chi connectivity index (χ0) is 37.1. The maximum atomic E-state index is 14.3. The topological polar surface area (TPSA) is 119 Å². The molecule has 0 radical (unpaired) electrons. The van der Waals surface area contributed by atoms with Gasteiger partial charge in [-0.15, -0.1) is 0 Å². The third-order valence-electron chi connectivity index (χ3n) is 8.84. The van der Waals surface area contributed by atoms with Gasteiger partial charge >= 0.3 is 0 Å². The second-order valence-corrected chi connectivity index (χ2v) is 14.5. The first-order chi connectivity index (χ1) is 25.0. The zero-order valence-electron chi connectivity index (χ0n) is 30.6. The molecule has 1 atom stereocenters. The fourth-order valence-corrected chi connectivity index (χ4v) is 6.16. The fourth-order valence-electron chi connectivity index (χ4n) is 5.98. The van der Waals surface area contributed by atoms with Crippen molar-refractivity contribution >= 4 is 35.0 Å². The number of nitrogens with zero attached hydrogens (tertiary/aromatic N) is 2. The smallest absolute Gasteiger partial charge is 0.247 e. The third-order valence-corrected chi connectivity index (χ3v) is 9.21. The Kier molecular flexibility index (Phi) is 13.9. The molecule has 52 heavy (non-hydrogen) atoms. The van der Waals surface area contributed by atoms with Gasteiger partial charge in [0.25, 0.3) is 0 Å². The first kappa shape index (κ1) is 39.1. The van der Waals surface area contributed by atoms with Gasteiger partial charge in [0.05, 0.1) is 39.1 Å². The number of hydrogen-bond acceptors (Lipinski definition) is 8. The van der Waals surface area contributed by atoms with Crippen LogP contribution in [0.1, 0.15) is 56.7 Å². The van der Waals surface area contributed by atoms with Crippen molar-refractivity contribution < 1.29 is 33.3 Å².